The average molecular weight is 530 g/mol. The number of hydrogen-bond donors (Lipinski definition) is 0. The summed E-state index contributed by atoms with van der Waals surface area (Å²) in [6.45, 7) is 6.27. The molecule has 6 rings (SSSR count). The zero-order valence-corrected chi connectivity index (χ0v) is 22.6. The van der Waals surface area contributed by atoms with Crippen LogP contribution in [0.3, 0.4) is 0 Å². The summed E-state index contributed by atoms with van der Waals surface area (Å²) in [5.41, 5.74) is 5.06. The number of fused-ring (bicyclic) bond motifs is 1. The molecule has 1 fully saturated rings. The van der Waals surface area contributed by atoms with Gasteiger partial charge in [0.25, 0.3) is 5.56 Å². The Balaban J connectivity index is 1.61. The SMILES string of the molecule is CCOC(=O)C1=C(c2ccccc2)N=c2sc(=Cc3cc(C)n(C4CC4)c3C)c(=O)n2[C@@H]1c1cccs1. The number of aromatic nitrogens is 2. The largest absolute Gasteiger partial charge is 0.463 e. The Bertz CT molecular complexity index is 1700. The van der Waals surface area contributed by atoms with Gasteiger partial charge in [0.1, 0.15) is 6.04 Å². The fourth-order valence-corrected chi connectivity index (χ4v) is 6.96. The van der Waals surface area contributed by atoms with Crippen molar-refractivity contribution in [3.8, 4) is 0 Å². The van der Waals surface area contributed by atoms with Crippen molar-refractivity contribution in [1.82, 2.24) is 9.13 Å². The summed E-state index contributed by atoms with van der Waals surface area (Å²) in [7, 11) is 0. The molecule has 0 N–H and O–H groups in total. The van der Waals surface area contributed by atoms with Crippen molar-refractivity contribution in [3.05, 3.63) is 107 Å². The molecule has 4 heterocycles. The van der Waals surface area contributed by atoms with Crippen molar-refractivity contribution >= 4 is 40.4 Å². The standard InChI is InChI=1S/C29H27N3O3S2/c1-4-35-28(34)24-25(19-9-6-5-7-10-19)30-29-32(26(24)22-11-8-14-36-22)27(33)23(37-29)16-20-15-17(2)31(18(20)3)21-12-13-21/h5-11,14-16,21,26H,4,12-13H2,1-3H3/t26-/m1/s1. The second-order valence-corrected chi connectivity index (χ2v) is 11.4. The van der Waals surface area contributed by atoms with Gasteiger partial charge in [-0.2, -0.15) is 0 Å². The first-order valence-corrected chi connectivity index (χ1v) is 14.2. The summed E-state index contributed by atoms with van der Waals surface area (Å²) in [4.78, 5) is 33.7. The van der Waals surface area contributed by atoms with E-state index in [1.54, 1.807) is 11.5 Å². The maximum atomic E-state index is 13.9. The number of aryl methyl sites for hydroxylation is 1. The van der Waals surface area contributed by atoms with Gasteiger partial charge in [0.15, 0.2) is 4.80 Å². The lowest BCUT2D eigenvalue weighted by atomic mass is 9.97. The van der Waals surface area contributed by atoms with E-state index >= 15 is 0 Å². The van der Waals surface area contributed by atoms with Gasteiger partial charge in [-0.3, -0.25) is 9.36 Å². The van der Waals surface area contributed by atoms with Crippen LogP contribution in [0.2, 0.25) is 0 Å². The molecule has 0 spiro atoms. The molecule has 3 aromatic heterocycles. The van der Waals surface area contributed by atoms with Gasteiger partial charge < -0.3 is 9.30 Å². The lowest BCUT2D eigenvalue weighted by molar-refractivity contribution is -0.138. The van der Waals surface area contributed by atoms with Crippen molar-refractivity contribution in [3.63, 3.8) is 0 Å². The van der Waals surface area contributed by atoms with E-state index in [1.807, 2.05) is 53.9 Å². The Morgan fingerprint density at radius 1 is 1.14 bits per heavy atom. The molecule has 1 aliphatic heterocycles. The highest BCUT2D eigenvalue weighted by Gasteiger charge is 2.35. The molecule has 8 heteroatoms. The van der Waals surface area contributed by atoms with Gasteiger partial charge in [-0.1, -0.05) is 47.7 Å². The molecular weight excluding hydrogens is 502 g/mol. The van der Waals surface area contributed by atoms with Crippen molar-refractivity contribution in [1.29, 1.82) is 0 Å². The summed E-state index contributed by atoms with van der Waals surface area (Å²) in [5, 5.41) is 1.96. The number of carbonyl (C=O) groups is 1. The predicted octanol–water partition coefficient (Wildman–Crippen LogP) is 4.75. The van der Waals surface area contributed by atoms with E-state index in [1.165, 1.54) is 46.9 Å². The van der Waals surface area contributed by atoms with Gasteiger partial charge in [0.05, 0.1) is 22.4 Å². The monoisotopic (exact) mass is 529 g/mol. The molecule has 1 aliphatic carbocycles. The minimum absolute atomic E-state index is 0.146. The molecule has 6 nitrogen and oxygen atoms in total. The lowest BCUT2D eigenvalue weighted by Crippen LogP contribution is -2.39. The van der Waals surface area contributed by atoms with E-state index in [2.05, 4.69) is 24.5 Å². The van der Waals surface area contributed by atoms with Crippen LogP contribution in [0.1, 0.15) is 59.2 Å². The topological polar surface area (TPSA) is 65.6 Å². The number of benzene rings is 1. The predicted molar refractivity (Wildman–Crippen MR) is 148 cm³/mol. The molecule has 4 aromatic rings. The van der Waals surface area contributed by atoms with Gasteiger partial charge in [0.2, 0.25) is 0 Å². The van der Waals surface area contributed by atoms with E-state index in [0.717, 1.165) is 16.0 Å². The number of esters is 1. The molecule has 0 bridgehead atoms. The van der Waals surface area contributed by atoms with Crippen LogP contribution in [0.4, 0.5) is 0 Å². The summed E-state index contributed by atoms with van der Waals surface area (Å²) >= 11 is 2.89. The van der Waals surface area contributed by atoms with Gasteiger partial charge in [-0.05, 0) is 62.8 Å². The zero-order chi connectivity index (χ0) is 25.7. The van der Waals surface area contributed by atoms with E-state index in [-0.39, 0.29) is 12.2 Å². The number of thiophene rings is 1. The maximum Gasteiger partial charge on any atom is 0.338 e. The summed E-state index contributed by atoms with van der Waals surface area (Å²) < 4.78 is 10.2. The van der Waals surface area contributed by atoms with E-state index in [9.17, 15) is 9.59 Å². The molecule has 2 aliphatic rings. The molecular formula is C29H27N3O3S2. The van der Waals surface area contributed by atoms with Crippen LogP contribution in [0.15, 0.2) is 69.3 Å². The molecule has 188 valence electrons. The maximum absolute atomic E-state index is 13.9. The highest BCUT2D eigenvalue weighted by atomic mass is 32.1. The Labute approximate surface area is 222 Å². The van der Waals surface area contributed by atoms with E-state index in [4.69, 9.17) is 9.73 Å². The third kappa shape index (κ3) is 4.14. The number of rotatable bonds is 6. The fourth-order valence-electron chi connectivity index (χ4n) is 5.14. The number of hydrogen-bond acceptors (Lipinski definition) is 6. The summed E-state index contributed by atoms with van der Waals surface area (Å²) in [5.74, 6) is -0.453. The molecule has 0 radical (unpaired) electrons. The highest BCUT2D eigenvalue weighted by molar-refractivity contribution is 7.10. The van der Waals surface area contributed by atoms with Crippen LogP contribution in [0.5, 0.6) is 0 Å². The Kier molecular flexibility index (Phi) is 6.09. The van der Waals surface area contributed by atoms with Crippen molar-refractivity contribution in [2.24, 2.45) is 4.99 Å². The first-order chi connectivity index (χ1) is 18.0. The van der Waals surface area contributed by atoms with E-state index < -0.39 is 12.0 Å². The third-order valence-corrected chi connectivity index (χ3v) is 8.82. The average Bonchev–Trinajstić information content (AvgIpc) is 3.35. The van der Waals surface area contributed by atoms with Gasteiger partial charge >= 0.3 is 5.97 Å². The van der Waals surface area contributed by atoms with Gasteiger partial charge in [-0.25, -0.2) is 9.79 Å². The lowest BCUT2D eigenvalue weighted by Gasteiger charge is -2.24. The number of thiazole rings is 1. The Hall–Kier alpha value is -3.49. The van der Waals surface area contributed by atoms with Crippen LogP contribution >= 0.6 is 22.7 Å². The number of nitrogens with zero attached hydrogens (tertiary/aromatic N) is 3. The Morgan fingerprint density at radius 2 is 1.92 bits per heavy atom. The summed E-state index contributed by atoms with van der Waals surface area (Å²) in [6, 6.07) is 15.7. The zero-order valence-electron chi connectivity index (χ0n) is 20.9. The van der Waals surface area contributed by atoms with Crippen molar-refractivity contribution in [2.45, 2.75) is 45.7 Å². The minimum atomic E-state index is -0.605. The second kappa shape index (κ2) is 9.43. The van der Waals surface area contributed by atoms with Crippen LogP contribution < -0.4 is 14.9 Å². The van der Waals surface area contributed by atoms with Gasteiger partial charge in [-0.15, -0.1) is 11.3 Å². The molecule has 0 unspecified atom stereocenters. The second-order valence-electron chi connectivity index (χ2n) is 9.37. The first-order valence-electron chi connectivity index (χ1n) is 12.5. The molecule has 0 saturated heterocycles. The van der Waals surface area contributed by atoms with E-state index in [0.29, 0.717) is 26.6 Å². The number of ether oxygens (including phenoxy) is 1. The molecule has 1 atom stereocenters. The van der Waals surface area contributed by atoms with Crippen LogP contribution in [0, 0.1) is 13.8 Å². The third-order valence-electron chi connectivity index (χ3n) is 6.91. The van der Waals surface area contributed by atoms with Crippen molar-refractivity contribution < 1.29 is 9.53 Å². The van der Waals surface area contributed by atoms with Crippen LogP contribution in [-0.2, 0) is 9.53 Å². The fraction of sp³-hybridized carbons (Fsp3) is 0.276. The van der Waals surface area contributed by atoms with Crippen molar-refractivity contribution in [2.75, 3.05) is 6.61 Å². The normalized spacial score (nSPS) is 17.6. The van der Waals surface area contributed by atoms with Crippen LogP contribution in [0.25, 0.3) is 11.8 Å². The minimum Gasteiger partial charge on any atom is -0.463 e. The molecule has 1 saturated carbocycles. The molecule has 0 amide bonds. The molecule has 1 aromatic carbocycles. The first kappa shape index (κ1) is 23.9. The summed E-state index contributed by atoms with van der Waals surface area (Å²) in [6.07, 6.45) is 4.39. The molecule has 37 heavy (non-hydrogen) atoms. The highest BCUT2D eigenvalue weighted by Crippen LogP contribution is 2.39. The number of carbonyl (C=O) groups excluding carboxylic acids is 1. The van der Waals surface area contributed by atoms with Crippen LogP contribution in [-0.4, -0.2) is 21.7 Å². The quantitative estimate of drug-likeness (QED) is 0.339. The smallest absolute Gasteiger partial charge is 0.338 e. The van der Waals surface area contributed by atoms with Gasteiger partial charge in [0, 0.05) is 27.9 Å². The Morgan fingerprint density at radius 3 is 2.59 bits per heavy atom.